The van der Waals surface area contributed by atoms with E-state index in [0.717, 1.165) is 5.56 Å². The molecular formula is C7H9NO2. The molecule has 1 aromatic rings. The Bertz CT molecular complexity index is 263. The molecule has 1 aromatic heterocycles. The number of carbonyl (C=O) groups is 1. The van der Waals surface area contributed by atoms with Gasteiger partial charge in [-0.2, -0.15) is 0 Å². The van der Waals surface area contributed by atoms with Crippen LogP contribution in [0, 0.1) is 13.8 Å². The number of aldehydes is 1. The Morgan fingerprint density at radius 2 is 2.10 bits per heavy atom. The van der Waals surface area contributed by atoms with Gasteiger partial charge in [0.05, 0.1) is 5.69 Å². The number of aryl methyl sites for hydroxylation is 1. The molecule has 3 heteroatoms. The lowest BCUT2D eigenvalue weighted by Gasteiger charge is -1.85. The smallest absolute Gasteiger partial charge is 0.185 e. The highest BCUT2D eigenvalue weighted by Crippen LogP contribution is 2.21. The summed E-state index contributed by atoms with van der Waals surface area (Å²) in [5, 5.41) is 0. The van der Waals surface area contributed by atoms with E-state index in [1.165, 1.54) is 0 Å². The van der Waals surface area contributed by atoms with E-state index < -0.39 is 0 Å². The molecule has 0 spiro atoms. The Kier molecular flexibility index (Phi) is 1.49. The third kappa shape index (κ3) is 0.795. The zero-order valence-electron chi connectivity index (χ0n) is 5.97. The number of nitrogen functional groups attached to an aromatic ring is 1. The summed E-state index contributed by atoms with van der Waals surface area (Å²) in [5.41, 5.74) is 6.83. The van der Waals surface area contributed by atoms with Crippen molar-refractivity contribution in [1.82, 2.24) is 0 Å². The summed E-state index contributed by atoms with van der Waals surface area (Å²) in [6, 6.07) is 0. The van der Waals surface area contributed by atoms with Crippen molar-refractivity contribution in [3.05, 3.63) is 17.1 Å². The van der Waals surface area contributed by atoms with Crippen LogP contribution in [0.25, 0.3) is 0 Å². The van der Waals surface area contributed by atoms with Crippen LogP contribution in [0.2, 0.25) is 0 Å². The minimum absolute atomic E-state index is 0.329. The fourth-order valence-corrected chi connectivity index (χ4v) is 0.806. The fraction of sp³-hybridized carbons (Fsp3) is 0.286. The maximum atomic E-state index is 10.2. The molecule has 0 aliphatic heterocycles. The van der Waals surface area contributed by atoms with Crippen molar-refractivity contribution >= 4 is 12.0 Å². The van der Waals surface area contributed by atoms with Gasteiger partial charge < -0.3 is 10.2 Å². The lowest BCUT2D eigenvalue weighted by atomic mass is 10.2. The molecule has 0 saturated carbocycles. The second-order valence-electron chi connectivity index (χ2n) is 2.18. The first-order valence-electron chi connectivity index (χ1n) is 2.97. The summed E-state index contributed by atoms with van der Waals surface area (Å²) in [6.45, 7) is 3.49. The van der Waals surface area contributed by atoms with E-state index in [2.05, 4.69) is 0 Å². The number of nitrogens with two attached hydrogens (primary N) is 1. The average molecular weight is 139 g/mol. The number of rotatable bonds is 1. The number of furan rings is 1. The van der Waals surface area contributed by atoms with Crippen molar-refractivity contribution < 1.29 is 9.21 Å². The van der Waals surface area contributed by atoms with Gasteiger partial charge in [0.25, 0.3) is 0 Å². The van der Waals surface area contributed by atoms with Crippen LogP contribution in [0.1, 0.15) is 21.9 Å². The van der Waals surface area contributed by atoms with E-state index in [-0.39, 0.29) is 0 Å². The van der Waals surface area contributed by atoms with E-state index in [1.54, 1.807) is 13.8 Å². The highest BCUT2D eigenvalue weighted by molar-refractivity contribution is 5.77. The predicted octanol–water partition coefficient (Wildman–Crippen LogP) is 1.29. The Hall–Kier alpha value is -1.25. The van der Waals surface area contributed by atoms with Crippen molar-refractivity contribution in [1.29, 1.82) is 0 Å². The van der Waals surface area contributed by atoms with Gasteiger partial charge in [-0.25, -0.2) is 0 Å². The Labute approximate surface area is 58.8 Å². The SMILES string of the molecule is Cc1oc(C=O)c(C)c1N. The van der Waals surface area contributed by atoms with E-state index in [4.69, 9.17) is 10.2 Å². The largest absolute Gasteiger partial charge is 0.456 e. The van der Waals surface area contributed by atoms with Crippen molar-refractivity contribution in [3.63, 3.8) is 0 Å². The molecule has 54 valence electrons. The highest BCUT2D eigenvalue weighted by atomic mass is 16.3. The fourth-order valence-electron chi connectivity index (χ4n) is 0.806. The van der Waals surface area contributed by atoms with Crippen molar-refractivity contribution in [2.75, 3.05) is 5.73 Å². The molecule has 0 aromatic carbocycles. The Morgan fingerprint density at radius 3 is 2.30 bits per heavy atom. The molecule has 0 unspecified atom stereocenters. The van der Waals surface area contributed by atoms with Gasteiger partial charge >= 0.3 is 0 Å². The van der Waals surface area contributed by atoms with E-state index in [9.17, 15) is 4.79 Å². The van der Waals surface area contributed by atoms with Gasteiger partial charge in [0.2, 0.25) is 0 Å². The van der Waals surface area contributed by atoms with Gasteiger partial charge in [0.1, 0.15) is 5.76 Å². The summed E-state index contributed by atoms with van der Waals surface area (Å²) < 4.78 is 5.00. The quantitative estimate of drug-likeness (QED) is 0.596. The Balaban J connectivity index is 3.30. The third-order valence-electron chi connectivity index (χ3n) is 1.52. The first kappa shape index (κ1) is 6.86. The van der Waals surface area contributed by atoms with E-state index in [0.29, 0.717) is 23.5 Å². The molecule has 0 fully saturated rings. The number of hydrogen-bond donors (Lipinski definition) is 1. The normalized spacial score (nSPS) is 9.80. The second kappa shape index (κ2) is 2.17. The molecular weight excluding hydrogens is 130 g/mol. The zero-order valence-corrected chi connectivity index (χ0v) is 5.97. The first-order chi connectivity index (χ1) is 4.66. The standard InChI is InChI=1S/C7H9NO2/c1-4-6(3-9)10-5(2)7(4)8/h3H,8H2,1-2H3. The molecule has 0 aliphatic rings. The first-order valence-corrected chi connectivity index (χ1v) is 2.97. The molecule has 10 heavy (non-hydrogen) atoms. The highest BCUT2D eigenvalue weighted by Gasteiger charge is 2.08. The maximum absolute atomic E-state index is 10.2. The molecule has 1 rings (SSSR count). The van der Waals surface area contributed by atoms with Crippen LogP contribution >= 0.6 is 0 Å². The zero-order chi connectivity index (χ0) is 7.72. The molecule has 0 saturated heterocycles. The van der Waals surface area contributed by atoms with Gasteiger partial charge in [-0.15, -0.1) is 0 Å². The van der Waals surface area contributed by atoms with Crippen LogP contribution in [-0.4, -0.2) is 6.29 Å². The van der Waals surface area contributed by atoms with Crippen LogP contribution in [-0.2, 0) is 0 Å². The van der Waals surface area contributed by atoms with Gasteiger partial charge in [0, 0.05) is 5.56 Å². The van der Waals surface area contributed by atoms with Crippen LogP contribution < -0.4 is 5.73 Å². The summed E-state index contributed by atoms with van der Waals surface area (Å²) in [7, 11) is 0. The lowest BCUT2D eigenvalue weighted by Crippen LogP contribution is -1.87. The van der Waals surface area contributed by atoms with Gasteiger partial charge in [-0.3, -0.25) is 4.79 Å². The van der Waals surface area contributed by atoms with Crippen molar-refractivity contribution in [2.24, 2.45) is 0 Å². The molecule has 0 radical (unpaired) electrons. The third-order valence-corrected chi connectivity index (χ3v) is 1.52. The average Bonchev–Trinajstić information content (AvgIpc) is 2.17. The van der Waals surface area contributed by atoms with Gasteiger partial charge in [-0.1, -0.05) is 0 Å². The topological polar surface area (TPSA) is 56.2 Å². The predicted molar refractivity (Wildman–Crippen MR) is 38.0 cm³/mol. The molecule has 0 amide bonds. The van der Waals surface area contributed by atoms with Crippen molar-refractivity contribution in [2.45, 2.75) is 13.8 Å². The molecule has 2 N–H and O–H groups in total. The summed E-state index contributed by atoms with van der Waals surface area (Å²) in [5.74, 6) is 0.939. The second-order valence-corrected chi connectivity index (χ2v) is 2.18. The minimum Gasteiger partial charge on any atom is -0.456 e. The summed E-state index contributed by atoms with van der Waals surface area (Å²) in [4.78, 5) is 10.2. The number of anilines is 1. The maximum Gasteiger partial charge on any atom is 0.185 e. The van der Waals surface area contributed by atoms with E-state index in [1.807, 2.05) is 0 Å². The molecule has 0 aliphatic carbocycles. The summed E-state index contributed by atoms with van der Waals surface area (Å²) >= 11 is 0. The number of carbonyl (C=O) groups excluding carboxylic acids is 1. The van der Waals surface area contributed by atoms with Crippen LogP contribution in [0.15, 0.2) is 4.42 Å². The monoisotopic (exact) mass is 139 g/mol. The molecule has 0 bridgehead atoms. The Morgan fingerprint density at radius 1 is 1.50 bits per heavy atom. The molecule has 3 nitrogen and oxygen atoms in total. The van der Waals surface area contributed by atoms with Crippen LogP contribution in [0.4, 0.5) is 5.69 Å². The van der Waals surface area contributed by atoms with Gasteiger partial charge in [0.15, 0.2) is 12.0 Å². The van der Waals surface area contributed by atoms with Crippen LogP contribution in [0.3, 0.4) is 0 Å². The summed E-state index contributed by atoms with van der Waals surface area (Å²) in [6.07, 6.45) is 0.665. The molecule has 0 atom stereocenters. The lowest BCUT2D eigenvalue weighted by molar-refractivity contribution is 0.109. The van der Waals surface area contributed by atoms with Crippen LogP contribution in [0.5, 0.6) is 0 Å². The number of hydrogen-bond acceptors (Lipinski definition) is 3. The van der Waals surface area contributed by atoms with Crippen molar-refractivity contribution in [3.8, 4) is 0 Å². The van der Waals surface area contributed by atoms with E-state index >= 15 is 0 Å². The minimum atomic E-state index is 0.329. The van der Waals surface area contributed by atoms with Gasteiger partial charge in [-0.05, 0) is 13.8 Å². The molecule has 1 heterocycles.